The SMILES string of the molecule is C[C@@H]1CC[C@@H]2CCC[C@H](C)[C@H]2[C@]12C(=O)N=CC(c1ccccc1)C2=O. The van der Waals surface area contributed by atoms with E-state index in [4.69, 9.17) is 0 Å². The van der Waals surface area contributed by atoms with E-state index in [1.165, 1.54) is 6.42 Å². The Morgan fingerprint density at radius 1 is 1.00 bits per heavy atom. The van der Waals surface area contributed by atoms with Crippen molar-refractivity contribution in [1.82, 2.24) is 0 Å². The van der Waals surface area contributed by atoms with E-state index in [9.17, 15) is 9.59 Å². The molecule has 132 valence electrons. The van der Waals surface area contributed by atoms with Gasteiger partial charge in [0, 0.05) is 6.21 Å². The van der Waals surface area contributed by atoms with E-state index in [1.54, 1.807) is 6.21 Å². The highest BCUT2D eigenvalue weighted by Gasteiger charge is 2.63. The lowest BCUT2D eigenvalue weighted by atomic mass is 9.47. The van der Waals surface area contributed by atoms with Crippen LogP contribution in [0.15, 0.2) is 35.3 Å². The van der Waals surface area contributed by atoms with Crippen molar-refractivity contribution in [3.05, 3.63) is 35.9 Å². The van der Waals surface area contributed by atoms with Crippen molar-refractivity contribution in [1.29, 1.82) is 0 Å². The van der Waals surface area contributed by atoms with Gasteiger partial charge in [-0.2, -0.15) is 0 Å². The lowest BCUT2D eigenvalue weighted by Gasteiger charge is -2.54. The van der Waals surface area contributed by atoms with E-state index in [2.05, 4.69) is 18.8 Å². The summed E-state index contributed by atoms with van der Waals surface area (Å²) in [6.07, 6.45) is 7.20. The summed E-state index contributed by atoms with van der Waals surface area (Å²) in [4.78, 5) is 31.3. The fraction of sp³-hybridized carbons (Fsp3) is 0.591. The molecule has 6 atom stereocenters. The van der Waals surface area contributed by atoms with Gasteiger partial charge < -0.3 is 0 Å². The molecule has 1 amide bonds. The van der Waals surface area contributed by atoms with Gasteiger partial charge >= 0.3 is 0 Å². The van der Waals surface area contributed by atoms with Crippen molar-refractivity contribution in [3.8, 4) is 0 Å². The second-order valence-corrected chi connectivity index (χ2v) is 8.38. The number of benzene rings is 1. The molecule has 2 fully saturated rings. The summed E-state index contributed by atoms with van der Waals surface area (Å²) in [6.45, 7) is 4.35. The van der Waals surface area contributed by atoms with Crippen LogP contribution in [0, 0.1) is 29.1 Å². The average molecular weight is 337 g/mol. The van der Waals surface area contributed by atoms with Gasteiger partial charge in [-0.1, -0.05) is 63.4 Å². The van der Waals surface area contributed by atoms with Gasteiger partial charge in [-0.05, 0) is 42.1 Å². The van der Waals surface area contributed by atoms with Crippen LogP contribution in [-0.2, 0) is 9.59 Å². The number of nitrogens with zero attached hydrogens (tertiary/aromatic N) is 1. The van der Waals surface area contributed by atoms with E-state index in [0.29, 0.717) is 11.8 Å². The van der Waals surface area contributed by atoms with Crippen LogP contribution in [0.1, 0.15) is 57.4 Å². The number of carbonyl (C=O) groups excluding carboxylic acids is 2. The molecule has 0 saturated heterocycles. The average Bonchev–Trinajstić information content (AvgIpc) is 2.62. The number of aliphatic imine (C=N–C) groups is 1. The minimum Gasteiger partial charge on any atom is -0.297 e. The third-order valence-corrected chi connectivity index (χ3v) is 7.17. The lowest BCUT2D eigenvalue weighted by Crippen LogP contribution is -2.60. The van der Waals surface area contributed by atoms with Gasteiger partial charge in [0.1, 0.15) is 5.41 Å². The topological polar surface area (TPSA) is 46.5 Å². The van der Waals surface area contributed by atoms with Crippen LogP contribution in [0.3, 0.4) is 0 Å². The summed E-state index contributed by atoms with van der Waals surface area (Å²) in [5, 5.41) is 0. The minimum atomic E-state index is -0.905. The first-order valence-corrected chi connectivity index (χ1v) is 9.74. The van der Waals surface area contributed by atoms with Gasteiger partial charge in [-0.25, -0.2) is 4.99 Å². The molecule has 3 nitrogen and oxygen atoms in total. The Morgan fingerprint density at radius 2 is 1.76 bits per heavy atom. The summed E-state index contributed by atoms with van der Waals surface area (Å²) in [6, 6.07) is 9.82. The van der Waals surface area contributed by atoms with Crippen molar-refractivity contribution in [3.63, 3.8) is 0 Å². The first kappa shape index (κ1) is 16.7. The first-order valence-electron chi connectivity index (χ1n) is 9.74. The standard InChI is InChI=1S/C22H27NO2/c1-14-7-6-10-17-12-11-15(2)22(19(14)17)20(24)18(13-23-21(22)25)16-8-4-3-5-9-16/h3-5,8-9,13-15,17-19H,6-7,10-12H2,1-2H3/t14-,15+,17-,18?,19+,22+/m0/s1. The molecule has 0 aromatic heterocycles. The number of fused-ring (bicyclic) bond motifs is 2. The Morgan fingerprint density at radius 3 is 2.52 bits per heavy atom. The highest BCUT2D eigenvalue weighted by molar-refractivity contribution is 6.20. The predicted octanol–water partition coefficient (Wildman–Crippen LogP) is 4.42. The third kappa shape index (κ3) is 2.35. The second-order valence-electron chi connectivity index (χ2n) is 8.38. The molecule has 1 unspecified atom stereocenters. The second kappa shape index (κ2) is 6.19. The molecule has 2 saturated carbocycles. The van der Waals surface area contributed by atoms with E-state index in [1.807, 2.05) is 30.3 Å². The van der Waals surface area contributed by atoms with Gasteiger partial charge in [0.15, 0.2) is 5.78 Å². The summed E-state index contributed by atoms with van der Waals surface area (Å²) in [5.41, 5.74) is 0.0544. The molecule has 0 bridgehead atoms. The highest BCUT2D eigenvalue weighted by Crippen LogP contribution is 2.58. The van der Waals surface area contributed by atoms with Crippen molar-refractivity contribution in [2.24, 2.45) is 34.1 Å². The quantitative estimate of drug-likeness (QED) is 0.712. The van der Waals surface area contributed by atoms with E-state index < -0.39 is 5.41 Å². The first-order chi connectivity index (χ1) is 12.1. The van der Waals surface area contributed by atoms with Crippen LogP contribution in [-0.4, -0.2) is 17.9 Å². The Balaban J connectivity index is 1.83. The summed E-state index contributed by atoms with van der Waals surface area (Å²) in [7, 11) is 0. The molecule has 1 aromatic carbocycles. The molecule has 3 heteroatoms. The van der Waals surface area contributed by atoms with Gasteiger partial charge in [-0.15, -0.1) is 0 Å². The van der Waals surface area contributed by atoms with Gasteiger partial charge in [0.05, 0.1) is 5.92 Å². The zero-order chi connectivity index (χ0) is 17.6. The maximum absolute atomic E-state index is 13.8. The van der Waals surface area contributed by atoms with Crippen LogP contribution >= 0.6 is 0 Å². The molecular weight excluding hydrogens is 310 g/mol. The van der Waals surface area contributed by atoms with Crippen LogP contribution in [0.4, 0.5) is 0 Å². The van der Waals surface area contributed by atoms with Gasteiger partial charge in [0.2, 0.25) is 0 Å². The molecule has 0 radical (unpaired) electrons. The Bertz CT molecular complexity index is 710. The summed E-state index contributed by atoms with van der Waals surface area (Å²) in [5.74, 6) is 0.716. The Kier molecular flexibility index (Phi) is 4.13. The van der Waals surface area contributed by atoms with Crippen molar-refractivity contribution < 1.29 is 9.59 Å². The molecule has 3 aliphatic rings. The maximum atomic E-state index is 13.8. The normalized spacial score (nSPS) is 41.0. The van der Waals surface area contributed by atoms with Gasteiger partial charge in [-0.3, -0.25) is 9.59 Å². The fourth-order valence-electron chi connectivity index (χ4n) is 6.03. The zero-order valence-corrected chi connectivity index (χ0v) is 15.2. The molecule has 1 aromatic rings. The van der Waals surface area contributed by atoms with Crippen LogP contribution in [0.5, 0.6) is 0 Å². The number of hydrogen-bond donors (Lipinski definition) is 0. The molecule has 25 heavy (non-hydrogen) atoms. The number of ketones is 1. The highest BCUT2D eigenvalue weighted by atomic mass is 16.2. The fourth-order valence-corrected chi connectivity index (χ4v) is 6.03. The van der Waals surface area contributed by atoms with Crippen molar-refractivity contribution >= 4 is 17.9 Å². The Hall–Kier alpha value is -1.77. The van der Waals surface area contributed by atoms with Crippen molar-refractivity contribution in [2.75, 3.05) is 0 Å². The lowest BCUT2D eigenvalue weighted by molar-refractivity contribution is -0.161. The monoisotopic (exact) mass is 337 g/mol. The molecule has 4 rings (SSSR count). The van der Waals surface area contributed by atoms with E-state index in [0.717, 1.165) is 31.2 Å². The number of Topliss-reactive ketones (excluding diaryl/α,β-unsaturated/α-hetero) is 1. The largest absolute Gasteiger partial charge is 0.297 e. The number of carbonyl (C=O) groups is 2. The molecular formula is C22H27NO2. The molecule has 1 heterocycles. The molecule has 1 aliphatic heterocycles. The maximum Gasteiger partial charge on any atom is 0.259 e. The number of hydrogen-bond acceptors (Lipinski definition) is 2. The van der Waals surface area contributed by atoms with E-state index in [-0.39, 0.29) is 29.4 Å². The number of amides is 1. The molecule has 0 N–H and O–H groups in total. The summed E-state index contributed by atoms with van der Waals surface area (Å²) >= 11 is 0. The predicted molar refractivity (Wildman–Crippen MR) is 98.5 cm³/mol. The molecule has 1 spiro atoms. The van der Waals surface area contributed by atoms with Crippen molar-refractivity contribution in [2.45, 2.75) is 51.9 Å². The molecule has 2 aliphatic carbocycles. The van der Waals surface area contributed by atoms with Gasteiger partial charge in [0.25, 0.3) is 5.91 Å². The van der Waals surface area contributed by atoms with Crippen LogP contribution in [0.25, 0.3) is 0 Å². The Labute approximate surface area is 149 Å². The smallest absolute Gasteiger partial charge is 0.259 e. The zero-order valence-electron chi connectivity index (χ0n) is 15.2. The third-order valence-electron chi connectivity index (χ3n) is 7.17. The summed E-state index contributed by atoms with van der Waals surface area (Å²) < 4.78 is 0. The number of rotatable bonds is 1. The minimum absolute atomic E-state index is 0.0814. The van der Waals surface area contributed by atoms with Crippen LogP contribution in [0.2, 0.25) is 0 Å². The van der Waals surface area contributed by atoms with Crippen LogP contribution < -0.4 is 0 Å². The van der Waals surface area contributed by atoms with E-state index >= 15 is 0 Å².